The summed E-state index contributed by atoms with van der Waals surface area (Å²) < 4.78 is 5.59. The van der Waals surface area contributed by atoms with Gasteiger partial charge >= 0.3 is 0 Å². The van der Waals surface area contributed by atoms with E-state index in [0.717, 1.165) is 5.69 Å². The van der Waals surface area contributed by atoms with E-state index in [-0.39, 0.29) is 12.4 Å². The molecule has 132 valence electrons. The van der Waals surface area contributed by atoms with E-state index < -0.39 is 0 Å². The van der Waals surface area contributed by atoms with Gasteiger partial charge in [0, 0.05) is 15.7 Å². The molecule has 8 heteroatoms. The van der Waals surface area contributed by atoms with Gasteiger partial charge in [-0.15, -0.1) is 10.2 Å². The van der Waals surface area contributed by atoms with Gasteiger partial charge in [0.05, 0.1) is 0 Å². The molecule has 0 saturated carbocycles. The Morgan fingerprint density at radius 1 is 1.12 bits per heavy atom. The summed E-state index contributed by atoms with van der Waals surface area (Å²) in [5.74, 6) is 1.99. The highest BCUT2D eigenvalue weighted by Gasteiger charge is 2.02. The van der Waals surface area contributed by atoms with Crippen LogP contribution in [0.3, 0.4) is 0 Å². The van der Waals surface area contributed by atoms with Crippen LogP contribution >= 0.6 is 23.2 Å². The first kappa shape index (κ1) is 18.0. The standard InChI is InChI=1S/C18H15Cl2N5O/c19-12-4-6-15(7-5-12)26-11-18-23-17(24-25-18)9-8-16(21)22-14-3-1-2-13(20)10-14/h1-10H,11H2,(H2,21,22)(H,23,24,25)/b9-8-. The minimum Gasteiger partial charge on any atom is -0.486 e. The smallest absolute Gasteiger partial charge is 0.168 e. The topological polar surface area (TPSA) is 86.7 Å². The number of amidine groups is 1. The number of hydrogen-bond acceptors (Lipinski definition) is 4. The van der Waals surface area contributed by atoms with Gasteiger partial charge in [-0.05, 0) is 54.6 Å². The molecule has 0 saturated heterocycles. The zero-order chi connectivity index (χ0) is 18.4. The quantitative estimate of drug-likeness (QED) is 0.419. The summed E-state index contributed by atoms with van der Waals surface area (Å²) in [6, 6.07) is 14.2. The molecule has 2 aromatic carbocycles. The highest BCUT2D eigenvalue weighted by molar-refractivity contribution is 6.31. The summed E-state index contributed by atoms with van der Waals surface area (Å²) in [7, 11) is 0. The number of nitrogens with one attached hydrogen (secondary N) is 3. The zero-order valence-electron chi connectivity index (χ0n) is 13.5. The molecule has 0 spiro atoms. The fourth-order valence-electron chi connectivity index (χ4n) is 2.06. The van der Waals surface area contributed by atoms with Crippen molar-refractivity contribution in [2.24, 2.45) is 0 Å². The van der Waals surface area contributed by atoms with Crippen LogP contribution in [-0.2, 0) is 6.61 Å². The largest absolute Gasteiger partial charge is 0.486 e. The van der Waals surface area contributed by atoms with Gasteiger partial charge in [-0.1, -0.05) is 29.3 Å². The van der Waals surface area contributed by atoms with Crippen molar-refractivity contribution in [1.29, 1.82) is 5.41 Å². The van der Waals surface area contributed by atoms with Crippen LogP contribution in [-0.4, -0.2) is 21.0 Å². The first-order valence-electron chi connectivity index (χ1n) is 7.67. The Kier molecular flexibility index (Phi) is 5.88. The van der Waals surface area contributed by atoms with Gasteiger partial charge in [-0.3, -0.25) is 5.41 Å². The first-order valence-corrected chi connectivity index (χ1v) is 8.43. The molecule has 3 N–H and O–H groups in total. The molecule has 0 aliphatic rings. The number of benzene rings is 2. The molecule has 0 fully saturated rings. The Hall–Kier alpha value is -2.83. The van der Waals surface area contributed by atoms with Crippen molar-refractivity contribution in [3.63, 3.8) is 0 Å². The van der Waals surface area contributed by atoms with Crippen LogP contribution in [0.2, 0.25) is 10.0 Å². The summed E-state index contributed by atoms with van der Waals surface area (Å²) >= 11 is 11.7. The van der Waals surface area contributed by atoms with Gasteiger partial charge in [-0.25, -0.2) is 0 Å². The van der Waals surface area contributed by atoms with E-state index in [1.165, 1.54) is 0 Å². The maximum Gasteiger partial charge on any atom is 0.168 e. The van der Waals surface area contributed by atoms with Crippen molar-refractivity contribution in [3.05, 3.63) is 76.3 Å². The van der Waals surface area contributed by atoms with Gasteiger partial charge < -0.3 is 15.0 Å². The first-order chi connectivity index (χ1) is 12.6. The van der Waals surface area contributed by atoms with Crippen molar-refractivity contribution < 1.29 is 4.74 Å². The fraction of sp³-hybridized carbons (Fsp3) is 0.0556. The van der Waals surface area contributed by atoms with Gasteiger partial charge in [-0.2, -0.15) is 0 Å². The maximum absolute atomic E-state index is 7.92. The molecule has 0 bridgehead atoms. The van der Waals surface area contributed by atoms with Crippen LogP contribution in [0.1, 0.15) is 11.6 Å². The second-order valence-corrected chi connectivity index (χ2v) is 6.15. The number of nitrogens with zero attached hydrogens (tertiary/aromatic N) is 2. The average Bonchev–Trinajstić information content (AvgIpc) is 3.07. The summed E-state index contributed by atoms with van der Waals surface area (Å²) in [5.41, 5.74) is 0.738. The predicted octanol–water partition coefficient (Wildman–Crippen LogP) is 4.79. The maximum atomic E-state index is 7.92. The normalized spacial score (nSPS) is 10.8. The third-order valence-electron chi connectivity index (χ3n) is 3.25. The van der Waals surface area contributed by atoms with Gasteiger partial charge in [0.15, 0.2) is 11.6 Å². The second kappa shape index (κ2) is 8.51. The summed E-state index contributed by atoms with van der Waals surface area (Å²) in [5, 5.41) is 20.1. The monoisotopic (exact) mass is 387 g/mol. The van der Waals surface area contributed by atoms with E-state index >= 15 is 0 Å². The number of aromatic amines is 1. The summed E-state index contributed by atoms with van der Waals surface area (Å²) in [6.45, 7) is 0.251. The number of anilines is 1. The SMILES string of the molecule is N=C(/C=C\c1nnc(COc2ccc(Cl)cc2)[nH]1)Nc1cccc(Cl)c1. The van der Waals surface area contributed by atoms with Gasteiger partial charge in [0.2, 0.25) is 0 Å². The third kappa shape index (κ3) is 5.34. The molecule has 0 radical (unpaired) electrons. The lowest BCUT2D eigenvalue weighted by Gasteiger charge is -2.04. The second-order valence-electron chi connectivity index (χ2n) is 5.28. The van der Waals surface area contributed by atoms with E-state index in [1.54, 1.807) is 48.6 Å². The molecular weight excluding hydrogens is 373 g/mol. The molecule has 3 rings (SSSR count). The lowest BCUT2D eigenvalue weighted by atomic mass is 10.3. The van der Waals surface area contributed by atoms with Crippen LogP contribution in [0.5, 0.6) is 5.75 Å². The number of halogens is 2. The average molecular weight is 388 g/mol. The Morgan fingerprint density at radius 3 is 2.69 bits per heavy atom. The number of H-pyrrole nitrogens is 1. The Bertz CT molecular complexity index is 921. The summed E-state index contributed by atoms with van der Waals surface area (Å²) in [6.07, 6.45) is 3.23. The van der Waals surface area contributed by atoms with Crippen LogP contribution in [0.25, 0.3) is 6.08 Å². The van der Waals surface area contributed by atoms with Crippen LogP contribution in [0, 0.1) is 5.41 Å². The summed E-state index contributed by atoms with van der Waals surface area (Å²) in [4.78, 5) is 3.02. The van der Waals surface area contributed by atoms with E-state index in [0.29, 0.717) is 27.4 Å². The fourth-order valence-corrected chi connectivity index (χ4v) is 2.38. The molecule has 6 nitrogen and oxygen atoms in total. The van der Waals surface area contributed by atoms with Crippen LogP contribution < -0.4 is 10.1 Å². The third-order valence-corrected chi connectivity index (χ3v) is 3.74. The number of rotatable bonds is 6. The minimum absolute atomic E-state index is 0.197. The lowest BCUT2D eigenvalue weighted by molar-refractivity contribution is 0.296. The van der Waals surface area contributed by atoms with E-state index in [9.17, 15) is 0 Å². The van der Waals surface area contributed by atoms with Gasteiger partial charge in [0.25, 0.3) is 0 Å². The molecule has 0 unspecified atom stereocenters. The number of ether oxygens (including phenoxy) is 1. The molecular formula is C18H15Cl2N5O. The molecule has 26 heavy (non-hydrogen) atoms. The highest BCUT2D eigenvalue weighted by atomic mass is 35.5. The Labute approximate surface area is 160 Å². The van der Waals surface area contributed by atoms with Crippen molar-refractivity contribution >= 4 is 40.8 Å². The molecule has 3 aromatic rings. The minimum atomic E-state index is 0.197. The van der Waals surface area contributed by atoms with Crippen molar-refractivity contribution in [2.45, 2.75) is 6.61 Å². The number of hydrogen-bond donors (Lipinski definition) is 3. The van der Waals surface area contributed by atoms with E-state index in [2.05, 4.69) is 20.5 Å². The van der Waals surface area contributed by atoms with Crippen LogP contribution in [0.4, 0.5) is 5.69 Å². The zero-order valence-corrected chi connectivity index (χ0v) is 15.1. The highest BCUT2D eigenvalue weighted by Crippen LogP contribution is 2.16. The van der Waals surface area contributed by atoms with Crippen LogP contribution in [0.15, 0.2) is 54.6 Å². The Balaban J connectivity index is 1.53. The van der Waals surface area contributed by atoms with Crippen molar-refractivity contribution in [2.75, 3.05) is 5.32 Å². The Morgan fingerprint density at radius 2 is 1.92 bits per heavy atom. The molecule has 1 aromatic heterocycles. The van der Waals surface area contributed by atoms with Crippen molar-refractivity contribution in [3.8, 4) is 5.75 Å². The van der Waals surface area contributed by atoms with Crippen molar-refractivity contribution in [1.82, 2.24) is 15.2 Å². The predicted molar refractivity (Wildman–Crippen MR) is 104 cm³/mol. The van der Waals surface area contributed by atoms with E-state index in [4.69, 9.17) is 33.3 Å². The van der Waals surface area contributed by atoms with Gasteiger partial charge in [0.1, 0.15) is 18.2 Å². The number of aromatic nitrogens is 3. The molecule has 1 heterocycles. The van der Waals surface area contributed by atoms with E-state index in [1.807, 2.05) is 12.1 Å². The molecule has 0 aliphatic carbocycles. The molecule has 0 atom stereocenters. The molecule has 0 amide bonds. The lowest BCUT2D eigenvalue weighted by Crippen LogP contribution is -2.06. The molecule has 0 aliphatic heterocycles.